The highest BCUT2D eigenvalue weighted by atomic mass is 16.2. The van der Waals surface area contributed by atoms with Gasteiger partial charge in [-0.15, -0.1) is 0 Å². The summed E-state index contributed by atoms with van der Waals surface area (Å²) in [7, 11) is 1.75. The molecule has 1 amide bonds. The van der Waals surface area contributed by atoms with Gasteiger partial charge in [-0.25, -0.2) is 0 Å². The third-order valence-electron chi connectivity index (χ3n) is 3.26. The molecule has 4 nitrogen and oxygen atoms in total. The van der Waals surface area contributed by atoms with Gasteiger partial charge in [-0.1, -0.05) is 24.3 Å². The number of hydrogen-bond acceptors (Lipinski definition) is 3. The Morgan fingerprint density at radius 1 is 1.19 bits per heavy atom. The van der Waals surface area contributed by atoms with Gasteiger partial charge in [0.05, 0.1) is 11.6 Å². The second-order valence-electron chi connectivity index (χ2n) is 4.87. The molecule has 2 N–H and O–H groups in total. The number of carbonyl (C=O) groups is 1. The highest BCUT2D eigenvalue weighted by molar-refractivity contribution is 5.94. The first-order valence-corrected chi connectivity index (χ1v) is 6.67. The molecular weight excluding hydrogens is 262 g/mol. The topological polar surface area (TPSA) is 70.1 Å². The maximum Gasteiger partial charge on any atom is 0.253 e. The summed E-state index contributed by atoms with van der Waals surface area (Å²) < 4.78 is 0. The number of amides is 1. The molecule has 0 heterocycles. The maximum atomic E-state index is 12.3. The van der Waals surface area contributed by atoms with Gasteiger partial charge in [-0.3, -0.25) is 4.79 Å². The summed E-state index contributed by atoms with van der Waals surface area (Å²) in [5.41, 5.74) is 8.70. The van der Waals surface area contributed by atoms with Crippen LogP contribution < -0.4 is 5.73 Å². The van der Waals surface area contributed by atoms with Crippen LogP contribution >= 0.6 is 0 Å². The number of hydrogen-bond donors (Lipinski definition) is 1. The highest BCUT2D eigenvalue weighted by Gasteiger charge is 2.12. The van der Waals surface area contributed by atoms with Crippen molar-refractivity contribution in [2.45, 2.75) is 13.1 Å². The van der Waals surface area contributed by atoms with Crippen LogP contribution in [0.2, 0.25) is 0 Å². The van der Waals surface area contributed by atoms with E-state index < -0.39 is 0 Å². The average Bonchev–Trinajstić information content (AvgIpc) is 2.54. The number of nitrogens with zero attached hydrogens (tertiary/aromatic N) is 2. The molecule has 0 unspecified atom stereocenters. The van der Waals surface area contributed by atoms with Crippen molar-refractivity contribution < 1.29 is 4.79 Å². The summed E-state index contributed by atoms with van der Waals surface area (Å²) in [5.74, 6) is -0.0547. The molecule has 0 saturated heterocycles. The summed E-state index contributed by atoms with van der Waals surface area (Å²) in [6.07, 6.45) is 0. The molecule has 0 radical (unpaired) electrons. The summed E-state index contributed by atoms with van der Waals surface area (Å²) in [6, 6.07) is 16.7. The third kappa shape index (κ3) is 3.68. The molecule has 0 atom stereocenters. The van der Waals surface area contributed by atoms with Crippen LogP contribution in [0.3, 0.4) is 0 Å². The first-order chi connectivity index (χ1) is 10.1. The van der Waals surface area contributed by atoms with Crippen molar-refractivity contribution in [2.24, 2.45) is 5.73 Å². The molecule has 0 spiro atoms. The average molecular weight is 279 g/mol. The van der Waals surface area contributed by atoms with Crippen LogP contribution in [0.1, 0.15) is 27.0 Å². The molecule has 0 bridgehead atoms. The van der Waals surface area contributed by atoms with Crippen molar-refractivity contribution in [1.29, 1.82) is 5.26 Å². The van der Waals surface area contributed by atoms with E-state index in [1.165, 1.54) is 0 Å². The van der Waals surface area contributed by atoms with E-state index in [0.717, 1.165) is 11.1 Å². The van der Waals surface area contributed by atoms with Crippen molar-refractivity contribution in [3.8, 4) is 6.07 Å². The zero-order valence-electron chi connectivity index (χ0n) is 11.9. The molecule has 0 saturated carbocycles. The zero-order valence-corrected chi connectivity index (χ0v) is 11.9. The molecular formula is C17H17N3O. The fourth-order valence-electron chi connectivity index (χ4n) is 2.09. The van der Waals surface area contributed by atoms with Gasteiger partial charge >= 0.3 is 0 Å². The van der Waals surface area contributed by atoms with Crippen LogP contribution in [0.15, 0.2) is 48.5 Å². The van der Waals surface area contributed by atoms with E-state index >= 15 is 0 Å². The summed E-state index contributed by atoms with van der Waals surface area (Å²) in [5, 5.41) is 8.89. The molecule has 0 aliphatic carbocycles. The van der Waals surface area contributed by atoms with Gasteiger partial charge < -0.3 is 10.6 Å². The van der Waals surface area contributed by atoms with Gasteiger partial charge in [-0.05, 0) is 35.4 Å². The lowest BCUT2D eigenvalue weighted by Crippen LogP contribution is -2.26. The van der Waals surface area contributed by atoms with E-state index in [1.807, 2.05) is 24.3 Å². The zero-order chi connectivity index (χ0) is 15.2. The summed E-state index contributed by atoms with van der Waals surface area (Å²) in [6.45, 7) is 0.929. The molecule has 2 aromatic rings. The third-order valence-corrected chi connectivity index (χ3v) is 3.26. The molecule has 2 rings (SSSR count). The minimum absolute atomic E-state index is 0.0547. The van der Waals surface area contributed by atoms with Crippen LogP contribution in [0.25, 0.3) is 0 Å². The maximum absolute atomic E-state index is 12.3. The molecule has 0 aliphatic heterocycles. The lowest BCUT2D eigenvalue weighted by molar-refractivity contribution is 0.0785. The van der Waals surface area contributed by atoms with Crippen LogP contribution in [-0.2, 0) is 13.1 Å². The summed E-state index contributed by atoms with van der Waals surface area (Å²) >= 11 is 0. The number of nitriles is 1. The van der Waals surface area contributed by atoms with E-state index in [1.54, 1.807) is 36.2 Å². The Hall–Kier alpha value is -2.64. The Morgan fingerprint density at radius 3 is 2.52 bits per heavy atom. The van der Waals surface area contributed by atoms with Gasteiger partial charge in [0.2, 0.25) is 0 Å². The standard InChI is InChI=1S/C17H17N3O/c1-20(12-15-4-2-3-14(9-15)11-19)17(21)16-7-5-13(10-18)6-8-16/h2-9H,10,12,18H2,1H3. The SMILES string of the molecule is CN(Cc1cccc(C#N)c1)C(=O)c1ccc(CN)cc1. The molecule has 0 aromatic heterocycles. The quantitative estimate of drug-likeness (QED) is 0.933. The monoisotopic (exact) mass is 279 g/mol. The predicted molar refractivity (Wildman–Crippen MR) is 81.3 cm³/mol. The number of nitrogens with two attached hydrogens (primary N) is 1. The fraction of sp³-hybridized carbons (Fsp3) is 0.176. The van der Waals surface area contributed by atoms with E-state index in [0.29, 0.717) is 24.2 Å². The molecule has 106 valence electrons. The first kappa shape index (κ1) is 14.8. The van der Waals surface area contributed by atoms with Crippen molar-refractivity contribution in [3.63, 3.8) is 0 Å². The second-order valence-corrected chi connectivity index (χ2v) is 4.87. The van der Waals surface area contributed by atoms with Crippen LogP contribution in [0, 0.1) is 11.3 Å². The normalized spacial score (nSPS) is 9.95. The Kier molecular flexibility index (Phi) is 4.70. The Labute approximate surface area is 124 Å². The van der Waals surface area contributed by atoms with Crippen molar-refractivity contribution in [2.75, 3.05) is 7.05 Å². The highest BCUT2D eigenvalue weighted by Crippen LogP contribution is 2.11. The van der Waals surface area contributed by atoms with Crippen LogP contribution in [-0.4, -0.2) is 17.9 Å². The lowest BCUT2D eigenvalue weighted by Gasteiger charge is -2.17. The molecule has 4 heteroatoms. The van der Waals surface area contributed by atoms with Gasteiger partial charge in [0.1, 0.15) is 0 Å². The molecule has 21 heavy (non-hydrogen) atoms. The van der Waals surface area contributed by atoms with Gasteiger partial charge in [0.15, 0.2) is 0 Å². The fourth-order valence-corrected chi connectivity index (χ4v) is 2.09. The minimum atomic E-state index is -0.0547. The first-order valence-electron chi connectivity index (χ1n) is 6.67. The lowest BCUT2D eigenvalue weighted by atomic mass is 10.1. The van der Waals surface area contributed by atoms with Crippen molar-refractivity contribution in [3.05, 3.63) is 70.8 Å². The van der Waals surface area contributed by atoms with Crippen molar-refractivity contribution in [1.82, 2.24) is 4.90 Å². The number of carbonyl (C=O) groups excluding carboxylic acids is 1. The smallest absolute Gasteiger partial charge is 0.253 e. The number of benzene rings is 2. The van der Waals surface area contributed by atoms with Crippen molar-refractivity contribution >= 4 is 5.91 Å². The van der Waals surface area contributed by atoms with E-state index in [4.69, 9.17) is 11.0 Å². The molecule has 0 fully saturated rings. The van der Waals surface area contributed by atoms with E-state index in [2.05, 4.69) is 6.07 Å². The second kappa shape index (κ2) is 6.69. The molecule has 0 aliphatic rings. The Balaban J connectivity index is 2.09. The predicted octanol–water partition coefficient (Wildman–Crippen LogP) is 2.29. The Bertz CT molecular complexity index is 671. The van der Waals surface area contributed by atoms with E-state index in [9.17, 15) is 4.79 Å². The van der Waals surface area contributed by atoms with E-state index in [-0.39, 0.29) is 5.91 Å². The van der Waals surface area contributed by atoms with Gasteiger partial charge in [0, 0.05) is 25.7 Å². The van der Waals surface area contributed by atoms with Crippen LogP contribution in [0.5, 0.6) is 0 Å². The minimum Gasteiger partial charge on any atom is -0.337 e. The number of rotatable bonds is 4. The Morgan fingerprint density at radius 2 is 1.90 bits per heavy atom. The molecule has 2 aromatic carbocycles. The largest absolute Gasteiger partial charge is 0.337 e. The van der Waals surface area contributed by atoms with Crippen LogP contribution in [0.4, 0.5) is 0 Å². The van der Waals surface area contributed by atoms with Gasteiger partial charge in [-0.2, -0.15) is 5.26 Å². The van der Waals surface area contributed by atoms with Gasteiger partial charge in [0.25, 0.3) is 5.91 Å². The summed E-state index contributed by atoms with van der Waals surface area (Å²) in [4.78, 5) is 14.0.